The van der Waals surface area contributed by atoms with Gasteiger partial charge in [0, 0.05) is 32.1 Å². The molecule has 2 heterocycles. The van der Waals surface area contributed by atoms with Crippen molar-refractivity contribution < 1.29 is 9.47 Å². The van der Waals surface area contributed by atoms with E-state index in [1.807, 2.05) is 12.1 Å². The molecule has 1 atom stereocenters. The van der Waals surface area contributed by atoms with Gasteiger partial charge < -0.3 is 14.4 Å². The van der Waals surface area contributed by atoms with Gasteiger partial charge in [0.25, 0.3) is 0 Å². The highest BCUT2D eigenvalue weighted by Gasteiger charge is 2.23. The van der Waals surface area contributed by atoms with Gasteiger partial charge in [-0.25, -0.2) is 4.98 Å². The third-order valence-corrected chi connectivity index (χ3v) is 3.01. The van der Waals surface area contributed by atoms with E-state index in [9.17, 15) is 0 Å². The van der Waals surface area contributed by atoms with Gasteiger partial charge in [0.2, 0.25) is 0 Å². The smallest absolute Gasteiger partial charge is 0.142 e. The number of hydrogen-bond acceptors (Lipinski definition) is 5. The molecule has 0 spiro atoms. The first-order chi connectivity index (χ1) is 8.83. The summed E-state index contributed by atoms with van der Waals surface area (Å²) in [5, 5.41) is 8.83. The van der Waals surface area contributed by atoms with Gasteiger partial charge in [0.15, 0.2) is 0 Å². The van der Waals surface area contributed by atoms with E-state index in [0.717, 1.165) is 25.2 Å². The number of aromatic nitrogens is 1. The number of methoxy groups -OCH3 is 1. The maximum atomic E-state index is 8.83. The van der Waals surface area contributed by atoms with Crippen LogP contribution >= 0.6 is 0 Å². The normalized spacial score (nSPS) is 18.9. The molecule has 1 aromatic heterocycles. The highest BCUT2D eigenvalue weighted by molar-refractivity contribution is 5.49. The fourth-order valence-electron chi connectivity index (χ4n) is 2.07. The molecule has 5 heteroatoms. The van der Waals surface area contributed by atoms with Gasteiger partial charge in [0.1, 0.15) is 11.8 Å². The number of nitrogens with zero attached hydrogens (tertiary/aromatic N) is 3. The van der Waals surface area contributed by atoms with Crippen molar-refractivity contribution in [2.45, 2.75) is 12.5 Å². The fourth-order valence-corrected chi connectivity index (χ4v) is 2.07. The second-order valence-corrected chi connectivity index (χ2v) is 4.23. The van der Waals surface area contributed by atoms with Crippen LogP contribution in [0.1, 0.15) is 12.1 Å². The summed E-state index contributed by atoms with van der Waals surface area (Å²) >= 11 is 0. The highest BCUT2D eigenvalue weighted by Crippen LogP contribution is 2.21. The lowest BCUT2D eigenvalue weighted by Crippen LogP contribution is -2.23. The quantitative estimate of drug-likeness (QED) is 0.732. The van der Waals surface area contributed by atoms with Crippen LogP contribution in [-0.4, -0.2) is 44.5 Å². The first kappa shape index (κ1) is 12.8. The average Bonchev–Trinajstić information content (AvgIpc) is 2.88. The van der Waals surface area contributed by atoms with Crippen LogP contribution in [0, 0.1) is 11.3 Å². The van der Waals surface area contributed by atoms with Gasteiger partial charge in [-0.2, -0.15) is 5.26 Å². The summed E-state index contributed by atoms with van der Waals surface area (Å²) in [4.78, 5) is 6.20. The Morgan fingerprint density at radius 1 is 1.56 bits per heavy atom. The Bertz CT molecular complexity index is 430. The minimum Gasteiger partial charge on any atom is -0.382 e. The van der Waals surface area contributed by atoms with Crippen molar-refractivity contribution in [1.82, 2.24) is 4.98 Å². The third kappa shape index (κ3) is 3.19. The molecule has 1 aliphatic rings. The van der Waals surface area contributed by atoms with E-state index < -0.39 is 0 Å². The molecule has 5 nitrogen and oxygen atoms in total. The molecule has 0 amide bonds. The van der Waals surface area contributed by atoms with Crippen molar-refractivity contribution in [2.24, 2.45) is 0 Å². The van der Waals surface area contributed by atoms with Crippen LogP contribution in [0.15, 0.2) is 18.3 Å². The van der Waals surface area contributed by atoms with Crippen LogP contribution in [0.25, 0.3) is 0 Å². The molecule has 2 rings (SSSR count). The summed E-state index contributed by atoms with van der Waals surface area (Å²) in [6.07, 6.45) is 2.93. The molecule has 96 valence electrons. The second-order valence-electron chi connectivity index (χ2n) is 4.23. The number of hydrogen-bond donors (Lipinski definition) is 0. The zero-order valence-electron chi connectivity index (χ0n) is 10.5. The molecule has 0 N–H and O–H groups in total. The topological polar surface area (TPSA) is 58.4 Å². The Morgan fingerprint density at radius 3 is 3.22 bits per heavy atom. The first-order valence-corrected chi connectivity index (χ1v) is 6.05. The van der Waals surface area contributed by atoms with Gasteiger partial charge in [-0.05, 0) is 18.6 Å². The average molecular weight is 247 g/mol. The second kappa shape index (κ2) is 6.34. The van der Waals surface area contributed by atoms with Gasteiger partial charge >= 0.3 is 0 Å². The van der Waals surface area contributed by atoms with Crippen LogP contribution in [0.3, 0.4) is 0 Å². The molecule has 1 aliphatic heterocycles. The van der Waals surface area contributed by atoms with E-state index in [2.05, 4.69) is 16.0 Å². The molecule has 18 heavy (non-hydrogen) atoms. The number of ether oxygens (including phenoxy) is 2. The summed E-state index contributed by atoms with van der Waals surface area (Å²) in [5.41, 5.74) is 1.50. The molecule has 1 saturated heterocycles. The summed E-state index contributed by atoms with van der Waals surface area (Å²) < 4.78 is 10.7. The lowest BCUT2D eigenvalue weighted by molar-refractivity contribution is 0.0280. The summed E-state index contributed by atoms with van der Waals surface area (Å²) in [6, 6.07) is 5.80. The van der Waals surface area contributed by atoms with Crippen molar-refractivity contribution in [2.75, 3.05) is 38.3 Å². The standard InChI is InChI=1S/C13H17N3O2/c1-17-6-7-18-13-3-5-16(10-13)12-2-4-15-11(8-12)9-14/h2,4,8,13H,3,5-7,10H2,1H3/t13-/m0/s1. The SMILES string of the molecule is COCCO[C@H]1CCN(c2ccnc(C#N)c2)C1. The number of pyridine rings is 1. The summed E-state index contributed by atoms with van der Waals surface area (Å²) in [5.74, 6) is 0. The molecule has 1 aromatic rings. The van der Waals surface area contributed by atoms with Gasteiger partial charge in [0.05, 0.1) is 19.3 Å². The number of rotatable bonds is 5. The lowest BCUT2D eigenvalue weighted by atomic mass is 10.3. The molecule has 0 radical (unpaired) electrons. The number of nitriles is 1. The fraction of sp³-hybridized carbons (Fsp3) is 0.538. The van der Waals surface area contributed by atoms with Gasteiger partial charge in [-0.1, -0.05) is 0 Å². The first-order valence-electron chi connectivity index (χ1n) is 6.05. The van der Waals surface area contributed by atoms with Crippen LogP contribution in [0.5, 0.6) is 0 Å². The van der Waals surface area contributed by atoms with Gasteiger partial charge in [-0.3, -0.25) is 0 Å². The highest BCUT2D eigenvalue weighted by atomic mass is 16.5. The van der Waals surface area contributed by atoms with Crippen molar-refractivity contribution in [3.63, 3.8) is 0 Å². The van der Waals surface area contributed by atoms with Crippen molar-refractivity contribution in [1.29, 1.82) is 5.26 Å². The molecule has 0 bridgehead atoms. The van der Waals surface area contributed by atoms with Crippen LogP contribution in [0.2, 0.25) is 0 Å². The summed E-state index contributed by atoms with van der Waals surface area (Å²) in [7, 11) is 1.67. The molecule has 1 fully saturated rings. The summed E-state index contributed by atoms with van der Waals surface area (Å²) in [6.45, 7) is 3.07. The zero-order chi connectivity index (χ0) is 12.8. The minimum atomic E-state index is 0.249. The van der Waals surface area contributed by atoms with Crippen molar-refractivity contribution in [3.05, 3.63) is 24.0 Å². The Morgan fingerprint density at radius 2 is 2.44 bits per heavy atom. The third-order valence-electron chi connectivity index (χ3n) is 3.01. The maximum absolute atomic E-state index is 8.83. The predicted molar refractivity (Wildman–Crippen MR) is 67.4 cm³/mol. The van der Waals surface area contributed by atoms with E-state index in [-0.39, 0.29) is 6.10 Å². The molecule has 0 aliphatic carbocycles. The van der Waals surface area contributed by atoms with E-state index in [4.69, 9.17) is 14.7 Å². The van der Waals surface area contributed by atoms with Crippen LogP contribution in [0.4, 0.5) is 5.69 Å². The molecule has 0 unspecified atom stereocenters. The van der Waals surface area contributed by atoms with Crippen molar-refractivity contribution in [3.8, 4) is 6.07 Å². The number of anilines is 1. The van der Waals surface area contributed by atoms with E-state index in [1.165, 1.54) is 0 Å². The van der Waals surface area contributed by atoms with E-state index >= 15 is 0 Å². The molecule has 0 aromatic carbocycles. The zero-order valence-corrected chi connectivity index (χ0v) is 10.5. The minimum absolute atomic E-state index is 0.249. The van der Waals surface area contributed by atoms with Crippen molar-refractivity contribution >= 4 is 5.69 Å². The molecular weight excluding hydrogens is 230 g/mol. The Kier molecular flexibility index (Phi) is 4.51. The Balaban J connectivity index is 1.90. The monoisotopic (exact) mass is 247 g/mol. The Labute approximate surface area is 107 Å². The maximum Gasteiger partial charge on any atom is 0.142 e. The largest absolute Gasteiger partial charge is 0.382 e. The Hall–Kier alpha value is -1.64. The lowest BCUT2D eigenvalue weighted by Gasteiger charge is -2.18. The van der Waals surface area contributed by atoms with E-state index in [1.54, 1.807) is 13.3 Å². The molecular formula is C13H17N3O2. The van der Waals surface area contributed by atoms with Gasteiger partial charge in [-0.15, -0.1) is 0 Å². The van der Waals surface area contributed by atoms with E-state index in [0.29, 0.717) is 18.9 Å². The predicted octanol–water partition coefficient (Wildman–Crippen LogP) is 1.19. The van der Waals surface area contributed by atoms with Crippen LogP contribution < -0.4 is 4.90 Å². The van der Waals surface area contributed by atoms with Crippen LogP contribution in [-0.2, 0) is 9.47 Å². The molecule has 0 saturated carbocycles.